The lowest BCUT2D eigenvalue weighted by molar-refractivity contribution is 0.611. The molecule has 2 aromatic heterocycles. The SMILES string of the molecule is N#CC(=CNc1ccc(-n2cc(Cl)cn2)c(F)c1)c1nn[nH]n1. The Kier molecular flexibility index (Phi) is 3.99. The van der Waals surface area contributed by atoms with Gasteiger partial charge in [0.2, 0.25) is 5.82 Å². The van der Waals surface area contributed by atoms with E-state index in [-0.39, 0.29) is 17.1 Å². The van der Waals surface area contributed by atoms with E-state index in [1.165, 1.54) is 35.4 Å². The molecule has 23 heavy (non-hydrogen) atoms. The molecular weight excluding hydrogens is 323 g/mol. The van der Waals surface area contributed by atoms with Crippen LogP contribution >= 0.6 is 11.6 Å². The number of hydrogen-bond donors (Lipinski definition) is 2. The van der Waals surface area contributed by atoms with Crippen LogP contribution in [0.25, 0.3) is 11.3 Å². The van der Waals surface area contributed by atoms with Crippen molar-refractivity contribution in [2.75, 3.05) is 5.32 Å². The molecule has 0 bridgehead atoms. The second kappa shape index (κ2) is 6.25. The summed E-state index contributed by atoms with van der Waals surface area (Å²) < 4.78 is 15.5. The van der Waals surface area contributed by atoms with Crippen molar-refractivity contribution in [2.45, 2.75) is 0 Å². The first-order chi connectivity index (χ1) is 11.2. The Morgan fingerprint density at radius 1 is 1.48 bits per heavy atom. The van der Waals surface area contributed by atoms with Gasteiger partial charge in [-0.25, -0.2) is 9.07 Å². The highest BCUT2D eigenvalue weighted by molar-refractivity contribution is 6.30. The molecule has 0 radical (unpaired) electrons. The summed E-state index contributed by atoms with van der Waals surface area (Å²) in [7, 11) is 0. The lowest BCUT2D eigenvalue weighted by atomic mass is 10.2. The lowest BCUT2D eigenvalue weighted by Crippen LogP contribution is -1.99. The summed E-state index contributed by atoms with van der Waals surface area (Å²) in [5.74, 6) is -0.357. The molecule has 0 fully saturated rings. The number of nitrogens with zero attached hydrogens (tertiary/aromatic N) is 6. The van der Waals surface area contributed by atoms with E-state index < -0.39 is 5.82 Å². The van der Waals surface area contributed by atoms with Gasteiger partial charge in [-0.3, -0.25) is 0 Å². The van der Waals surface area contributed by atoms with E-state index >= 15 is 0 Å². The molecule has 0 spiro atoms. The molecule has 2 N–H and O–H groups in total. The van der Waals surface area contributed by atoms with Gasteiger partial charge >= 0.3 is 0 Å². The molecule has 8 nitrogen and oxygen atoms in total. The number of anilines is 1. The molecule has 0 saturated carbocycles. The van der Waals surface area contributed by atoms with Crippen molar-refractivity contribution in [1.29, 1.82) is 5.26 Å². The van der Waals surface area contributed by atoms with Crippen molar-refractivity contribution in [3.63, 3.8) is 0 Å². The average molecular weight is 331 g/mol. The summed E-state index contributed by atoms with van der Waals surface area (Å²) in [5, 5.41) is 29.2. The van der Waals surface area contributed by atoms with E-state index in [0.717, 1.165) is 0 Å². The van der Waals surface area contributed by atoms with Gasteiger partial charge < -0.3 is 5.32 Å². The Labute approximate surface area is 134 Å². The minimum atomic E-state index is -0.499. The van der Waals surface area contributed by atoms with Crippen molar-refractivity contribution in [2.24, 2.45) is 0 Å². The maximum atomic E-state index is 14.2. The smallest absolute Gasteiger partial charge is 0.216 e. The molecular formula is C13H8ClFN8. The van der Waals surface area contributed by atoms with Crippen molar-refractivity contribution < 1.29 is 4.39 Å². The van der Waals surface area contributed by atoms with E-state index in [9.17, 15) is 4.39 Å². The molecule has 2 heterocycles. The van der Waals surface area contributed by atoms with E-state index in [1.54, 1.807) is 6.07 Å². The third kappa shape index (κ3) is 3.17. The largest absolute Gasteiger partial charge is 0.360 e. The first-order valence-electron chi connectivity index (χ1n) is 6.28. The van der Waals surface area contributed by atoms with Crippen LogP contribution < -0.4 is 5.32 Å². The summed E-state index contributed by atoms with van der Waals surface area (Å²) in [6.07, 6.45) is 4.28. The zero-order valence-corrected chi connectivity index (χ0v) is 12.2. The third-order valence-electron chi connectivity index (χ3n) is 2.84. The van der Waals surface area contributed by atoms with Crippen LogP contribution in [-0.4, -0.2) is 30.4 Å². The van der Waals surface area contributed by atoms with Crippen LogP contribution in [0.15, 0.2) is 36.8 Å². The standard InChI is InChI=1S/C13H8ClFN8/c14-9-6-18-23(7-9)12-2-1-10(3-11(12)15)17-5-8(4-16)13-19-21-22-20-13/h1-3,5-7,17H,(H,19,20,21,22). The second-order valence-corrected chi connectivity index (χ2v) is 4.76. The summed E-state index contributed by atoms with van der Waals surface area (Å²) in [6, 6.07) is 6.36. The maximum Gasteiger partial charge on any atom is 0.216 e. The first-order valence-corrected chi connectivity index (χ1v) is 6.66. The molecule has 3 aromatic rings. The van der Waals surface area contributed by atoms with Gasteiger partial charge in [-0.1, -0.05) is 11.6 Å². The van der Waals surface area contributed by atoms with Crippen LogP contribution in [0.2, 0.25) is 5.02 Å². The fourth-order valence-corrected chi connectivity index (χ4v) is 1.93. The van der Waals surface area contributed by atoms with Crippen molar-refractivity contribution in [3.05, 3.63) is 53.5 Å². The van der Waals surface area contributed by atoms with Crippen LogP contribution in [0, 0.1) is 17.1 Å². The maximum absolute atomic E-state index is 14.2. The Hall–Kier alpha value is -3.25. The van der Waals surface area contributed by atoms with Gasteiger partial charge in [-0.15, -0.1) is 10.2 Å². The summed E-state index contributed by atoms with van der Waals surface area (Å²) in [6.45, 7) is 0. The van der Waals surface area contributed by atoms with E-state index in [2.05, 4.69) is 31.0 Å². The molecule has 0 saturated heterocycles. The van der Waals surface area contributed by atoms with Crippen LogP contribution in [0.4, 0.5) is 10.1 Å². The number of aromatic amines is 1. The fraction of sp³-hybridized carbons (Fsp3) is 0. The van der Waals surface area contributed by atoms with E-state index in [4.69, 9.17) is 16.9 Å². The van der Waals surface area contributed by atoms with Gasteiger partial charge in [-0.05, 0) is 23.4 Å². The molecule has 0 atom stereocenters. The summed E-state index contributed by atoms with van der Waals surface area (Å²) in [5.41, 5.74) is 0.855. The number of nitriles is 1. The number of rotatable bonds is 4. The first kappa shape index (κ1) is 14.7. The predicted octanol–water partition coefficient (Wildman–Crippen LogP) is 2.15. The number of aromatic nitrogens is 6. The topological polar surface area (TPSA) is 108 Å². The minimum absolute atomic E-state index is 0.142. The number of allylic oxidation sites excluding steroid dienone is 1. The summed E-state index contributed by atoms with van der Waals surface area (Å²) >= 11 is 5.77. The van der Waals surface area contributed by atoms with Crippen LogP contribution in [0.1, 0.15) is 5.82 Å². The van der Waals surface area contributed by atoms with Gasteiger partial charge in [0.25, 0.3) is 0 Å². The predicted molar refractivity (Wildman–Crippen MR) is 79.9 cm³/mol. The molecule has 3 rings (SSSR count). The highest BCUT2D eigenvalue weighted by Gasteiger charge is 2.08. The molecule has 10 heteroatoms. The van der Waals surface area contributed by atoms with E-state index in [0.29, 0.717) is 10.7 Å². The zero-order chi connectivity index (χ0) is 16.2. The number of hydrogen-bond acceptors (Lipinski definition) is 6. The van der Waals surface area contributed by atoms with E-state index in [1.807, 2.05) is 6.07 Å². The van der Waals surface area contributed by atoms with Crippen LogP contribution in [0.3, 0.4) is 0 Å². The Morgan fingerprint density at radius 2 is 2.35 bits per heavy atom. The van der Waals surface area contributed by atoms with Gasteiger partial charge in [0.05, 0.1) is 11.2 Å². The van der Waals surface area contributed by atoms with Gasteiger partial charge in [0.1, 0.15) is 17.3 Å². The molecule has 0 aliphatic carbocycles. The highest BCUT2D eigenvalue weighted by Crippen LogP contribution is 2.20. The molecule has 0 unspecified atom stereocenters. The van der Waals surface area contributed by atoms with Gasteiger partial charge in [0.15, 0.2) is 5.82 Å². The molecule has 0 aliphatic rings. The number of H-pyrrole nitrogens is 1. The van der Waals surface area contributed by atoms with Crippen LogP contribution in [-0.2, 0) is 0 Å². The van der Waals surface area contributed by atoms with Gasteiger partial charge in [0, 0.05) is 18.1 Å². The van der Waals surface area contributed by atoms with Gasteiger partial charge in [-0.2, -0.15) is 15.6 Å². The Bertz CT molecular complexity index is 893. The minimum Gasteiger partial charge on any atom is -0.360 e. The molecule has 0 amide bonds. The Balaban J connectivity index is 1.82. The fourth-order valence-electron chi connectivity index (χ4n) is 1.79. The second-order valence-electron chi connectivity index (χ2n) is 4.32. The Morgan fingerprint density at radius 3 is 2.96 bits per heavy atom. The highest BCUT2D eigenvalue weighted by atomic mass is 35.5. The zero-order valence-electron chi connectivity index (χ0n) is 11.4. The molecule has 114 valence electrons. The van der Waals surface area contributed by atoms with Crippen molar-refractivity contribution >= 4 is 22.9 Å². The normalized spacial score (nSPS) is 11.3. The molecule has 1 aromatic carbocycles. The number of halogens is 2. The van der Waals surface area contributed by atoms with Crippen LogP contribution in [0.5, 0.6) is 0 Å². The lowest BCUT2D eigenvalue weighted by Gasteiger charge is -2.06. The number of benzene rings is 1. The summed E-state index contributed by atoms with van der Waals surface area (Å²) in [4.78, 5) is 0. The third-order valence-corrected chi connectivity index (χ3v) is 3.03. The number of tetrazole rings is 1. The average Bonchev–Trinajstić information content (AvgIpc) is 3.20. The van der Waals surface area contributed by atoms with Crippen molar-refractivity contribution in [3.8, 4) is 11.8 Å². The number of nitrogens with one attached hydrogen (secondary N) is 2. The monoisotopic (exact) mass is 330 g/mol. The molecule has 0 aliphatic heterocycles. The van der Waals surface area contributed by atoms with Crippen molar-refractivity contribution in [1.82, 2.24) is 30.4 Å². The quantitative estimate of drug-likeness (QED) is 0.710.